The first-order chi connectivity index (χ1) is 19.4. The zero-order valence-electron chi connectivity index (χ0n) is 24.3. The van der Waals surface area contributed by atoms with Gasteiger partial charge in [0.25, 0.3) is 10.0 Å². The predicted molar refractivity (Wildman–Crippen MR) is 163 cm³/mol. The molecule has 0 aliphatic carbocycles. The summed E-state index contributed by atoms with van der Waals surface area (Å²) in [7, 11) is -2.84. The lowest BCUT2D eigenvalue weighted by molar-refractivity contribution is -0.139. The van der Waals surface area contributed by atoms with Crippen LogP contribution in [0.1, 0.15) is 43.9 Å². The first kappa shape index (κ1) is 32.0. The lowest BCUT2D eigenvalue weighted by Gasteiger charge is -2.33. The van der Waals surface area contributed by atoms with Gasteiger partial charge in [0, 0.05) is 17.6 Å². The van der Waals surface area contributed by atoms with Crippen molar-refractivity contribution >= 4 is 39.1 Å². The van der Waals surface area contributed by atoms with E-state index in [1.54, 1.807) is 31.2 Å². The summed E-state index contributed by atoms with van der Waals surface area (Å²) in [6.07, 6.45) is 0.724. The maximum absolute atomic E-state index is 14.1. The van der Waals surface area contributed by atoms with E-state index < -0.39 is 28.5 Å². The minimum Gasteiger partial charge on any atom is -0.495 e. The Labute approximate surface area is 248 Å². The van der Waals surface area contributed by atoms with E-state index in [1.807, 2.05) is 52.0 Å². The number of benzene rings is 3. The molecule has 0 saturated carbocycles. The summed E-state index contributed by atoms with van der Waals surface area (Å²) in [5.41, 5.74) is 2.81. The molecule has 0 aliphatic rings. The van der Waals surface area contributed by atoms with Gasteiger partial charge in [-0.2, -0.15) is 0 Å². The number of sulfonamides is 1. The number of hydrogen-bond acceptors (Lipinski definition) is 5. The number of carbonyl (C=O) groups is 2. The Kier molecular flexibility index (Phi) is 10.8. The Balaban J connectivity index is 2.10. The summed E-state index contributed by atoms with van der Waals surface area (Å²) >= 11 is 6.28. The van der Waals surface area contributed by atoms with Crippen molar-refractivity contribution in [2.75, 3.05) is 18.0 Å². The van der Waals surface area contributed by atoms with Gasteiger partial charge >= 0.3 is 0 Å². The van der Waals surface area contributed by atoms with Crippen LogP contribution in [0.15, 0.2) is 71.6 Å². The molecule has 10 heteroatoms. The standard InChI is InChI=1S/C31H38ClN3O5S/c1-7-23(4)33-31(37)24(5)34(19-25-10-8-9-22(3)17-25)30(36)20-35(28-18-26(32)13-16-29(28)40-6)41(38,39)27-14-11-21(2)12-15-27/h8-18,23-24H,7,19-20H2,1-6H3,(H,33,37)/t23-,24+/m1/s1. The molecule has 0 aromatic heterocycles. The summed E-state index contributed by atoms with van der Waals surface area (Å²) in [4.78, 5) is 28.7. The molecule has 0 aliphatic heterocycles. The second-order valence-electron chi connectivity index (χ2n) is 10.1. The monoisotopic (exact) mass is 599 g/mol. The number of carbonyl (C=O) groups excluding carboxylic acids is 2. The molecule has 0 spiro atoms. The number of anilines is 1. The van der Waals surface area contributed by atoms with Crippen molar-refractivity contribution in [3.8, 4) is 5.75 Å². The van der Waals surface area contributed by atoms with E-state index in [-0.39, 0.29) is 39.8 Å². The van der Waals surface area contributed by atoms with Crippen molar-refractivity contribution in [1.82, 2.24) is 10.2 Å². The molecule has 8 nitrogen and oxygen atoms in total. The number of amides is 2. The highest BCUT2D eigenvalue weighted by Gasteiger charge is 2.34. The number of nitrogens with one attached hydrogen (secondary N) is 1. The fourth-order valence-electron chi connectivity index (χ4n) is 4.26. The van der Waals surface area contributed by atoms with Crippen LogP contribution >= 0.6 is 11.6 Å². The minimum atomic E-state index is -4.25. The van der Waals surface area contributed by atoms with Gasteiger partial charge in [-0.15, -0.1) is 0 Å². The summed E-state index contributed by atoms with van der Waals surface area (Å²) in [6.45, 7) is 8.81. The Hall–Kier alpha value is -3.56. The quantitative estimate of drug-likeness (QED) is 0.297. The summed E-state index contributed by atoms with van der Waals surface area (Å²) in [6, 6.07) is 17.6. The molecule has 1 N–H and O–H groups in total. The van der Waals surface area contributed by atoms with Crippen LogP contribution in [0.3, 0.4) is 0 Å². The van der Waals surface area contributed by atoms with Gasteiger partial charge in [0.15, 0.2) is 0 Å². The minimum absolute atomic E-state index is 0.00530. The Morgan fingerprint density at radius 3 is 2.27 bits per heavy atom. The summed E-state index contributed by atoms with van der Waals surface area (Å²) in [5, 5.41) is 3.21. The number of hydrogen-bond donors (Lipinski definition) is 1. The molecule has 2 atom stereocenters. The zero-order chi connectivity index (χ0) is 30.3. The van der Waals surface area contributed by atoms with Crippen molar-refractivity contribution < 1.29 is 22.7 Å². The Bertz CT molecular complexity index is 1480. The SMILES string of the molecule is CC[C@@H](C)NC(=O)[C@H](C)N(Cc1cccc(C)c1)C(=O)CN(c1cc(Cl)ccc1OC)S(=O)(=O)c1ccc(C)cc1. The van der Waals surface area contributed by atoms with Crippen LogP contribution in [0.5, 0.6) is 5.75 Å². The molecule has 0 bridgehead atoms. The number of halogens is 1. The lowest BCUT2D eigenvalue weighted by atomic mass is 10.1. The van der Waals surface area contributed by atoms with Crippen molar-refractivity contribution in [3.63, 3.8) is 0 Å². The maximum Gasteiger partial charge on any atom is 0.264 e. The van der Waals surface area contributed by atoms with Gasteiger partial charge in [-0.3, -0.25) is 13.9 Å². The average molecular weight is 600 g/mol. The molecule has 2 amide bonds. The van der Waals surface area contributed by atoms with Crippen LogP contribution in [0.2, 0.25) is 5.02 Å². The fourth-order valence-corrected chi connectivity index (χ4v) is 5.85. The highest BCUT2D eigenvalue weighted by molar-refractivity contribution is 7.92. The summed E-state index contributed by atoms with van der Waals surface area (Å²) in [5.74, 6) is -0.657. The molecular weight excluding hydrogens is 562 g/mol. The Morgan fingerprint density at radius 2 is 1.66 bits per heavy atom. The lowest BCUT2D eigenvalue weighted by Crippen LogP contribution is -2.52. The maximum atomic E-state index is 14.1. The van der Waals surface area contributed by atoms with E-state index in [9.17, 15) is 18.0 Å². The van der Waals surface area contributed by atoms with E-state index in [0.717, 1.165) is 27.4 Å². The largest absolute Gasteiger partial charge is 0.495 e. The first-order valence-corrected chi connectivity index (χ1v) is 15.3. The molecule has 0 fully saturated rings. The highest BCUT2D eigenvalue weighted by Crippen LogP contribution is 2.35. The topological polar surface area (TPSA) is 96.0 Å². The normalized spacial score (nSPS) is 12.8. The molecule has 3 aromatic rings. The van der Waals surface area contributed by atoms with Crippen molar-refractivity contribution in [1.29, 1.82) is 0 Å². The molecule has 3 rings (SSSR count). The zero-order valence-corrected chi connectivity index (χ0v) is 25.9. The third kappa shape index (κ3) is 8.01. The van der Waals surface area contributed by atoms with Gasteiger partial charge in [0.1, 0.15) is 18.3 Å². The number of ether oxygens (including phenoxy) is 1. The molecule has 0 saturated heterocycles. The van der Waals surface area contributed by atoms with Gasteiger partial charge in [-0.25, -0.2) is 8.42 Å². The van der Waals surface area contributed by atoms with E-state index in [4.69, 9.17) is 16.3 Å². The average Bonchev–Trinajstić information content (AvgIpc) is 2.94. The van der Waals surface area contributed by atoms with Crippen LogP contribution in [0.25, 0.3) is 0 Å². The van der Waals surface area contributed by atoms with E-state index in [1.165, 1.54) is 30.2 Å². The number of aryl methyl sites for hydroxylation is 2. The van der Waals surface area contributed by atoms with Crippen LogP contribution in [0.4, 0.5) is 5.69 Å². The van der Waals surface area contributed by atoms with Gasteiger partial charge in [-0.05, 0) is 70.0 Å². The Morgan fingerprint density at radius 1 is 0.976 bits per heavy atom. The van der Waals surface area contributed by atoms with Crippen LogP contribution in [0, 0.1) is 13.8 Å². The second-order valence-corrected chi connectivity index (χ2v) is 12.4. The number of methoxy groups -OCH3 is 1. The molecular formula is C31H38ClN3O5S. The van der Waals surface area contributed by atoms with Crippen molar-refractivity contribution in [2.24, 2.45) is 0 Å². The molecule has 0 radical (unpaired) electrons. The molecule has 0 heterocycles. The van der Waals surface area contributed by atoms with Gasteiger partial charge in [-0.1, -0.05) is 66.0 Å². The van der Waals surface area contributed by atoms with Crippen molar-refractivity contribution in [2.45, 2.75) is 64.6 Å². The van der Waals surface area contributed by atoms with Crippen LogP contribution in [-0.4, -0.2) is 50.9 Å². The van der Waals surface area contributed by atoms with E-state index in [2.05, 4.69) is 5.32 Å². The van der Waals surface area contributed by atoms with E-state index in [0.29, 0.717) is 0 Å². The molecule has 41 heavy (non-hydrogen) atoms. The van der Waals surface area contributed by atoms with Crippen molar-refractivity contribution in [3.05, 3.63) is 88.4 Å². The fraction of sp³-hybridized carbons (Fsp3) is 0.355. The molecule has 0 unspecified atom stereocenters. The molecule has 220 valence electrons. The van der Waals surface area contributed by atoms with Gasteiger partial charge in [0.2, 0.25) is 11.8 Å². The predicted octanol–water partition coefficient (Wildman–Crippen LogP) is 5.49. The first-order valence-electron chi connectivity index (χ1n) is 13.5. The third-order valence-corrected chi connectivity index (χ3v) is 8.91. The van der Waals surface area contributed by atoms with Crippen LogP contribution in [-0.2, 0) is 26.2 Å². The van der Waals surface area contributed by atoms with Gasteiger partial charge in [0.05, 0.1) is 17.7 Å². The summed E-state index contributed by atoms with van der Waals surface area (Å²) < 4.78 is 34.6. The highest BCUT2D eigenvalue weighted by atomic mass is 35.5. The number of nitrogens with zero attached hydrogens (tertiary/aromatic N) is 2. The smallest absolute Gasteiger partial charge is 0.264 e. The van der Waals surface area contributed by atoms with Crippen LogP contribution < -0.4 is 14.4 Å². The van der Waals surface area contributed by atoms with Gasteiger partial charge < -0.3 is 15.0 Å². The third-order valence-electron chi connectivity index (χ3n) is 6.90. The molecule has 3 aromatic carbocycles. The number of rotatable bonds is 12. The van der Waals surface area contributed by atoms with E-state index >= 15 is 0 Å². The second kappa shape index (κ2) is 13.9.